The number of hydrogen-bond donors (Lipinski definition) is 1. The first kappa shape index (κ1) is 21.0. The van der Waals surface area contributed by atoms with Crippen LogP contribution in [0, 0.1) is 26.7 Å². The van der Waals surface area contributed by atoms with E-state index in [1.165, 1.54) is 32.0 Å². The molecule has 1 fully saturated rings. The topological polar surface area (TPSA) is 81.9 Å². The van der Waals surface area contributed by atoms with Crippen LogP contribution in [-0.4, -0.2) is 25.7 Å². The van der Waals surface area contributed by atoms with Crippen LogP contribution < -0.4 is 10.1 Å². The number of nitrogens with zero attached hydrogens (tertiary/aromatic N) is 4. The summed E-state index contributed by atoms with van der Waals surface area (Å²) in [6.45, 7) is 6.03. The molecule has 0 atom stereocenters. The number of hydrogen-bond acceptors (Lipinski definition) is 5. The summed E-state index contributed by atoms with van der Waals surface area (Å²) in [6.07, 6.45) is 8.18. The third-order valence-electron chi connectivity index (χ3n) is 6.11. The number of benzene rings is 1. The predicted molar refractivity (Wildman–Crippen MR) is 120 cm³/mol. The van der Waals surface area contributed by atoms with Gasteiger partial charge in [0.25, 0.3) is 0 Å². The van der Waals surface area contributed by atoms with Gasteiger partial charge in [0.2, 0.25) is 11.8 Å². The van der Waals surface area contributed by atoms with E-state index in [2.05, 4.69) is 20.4 Å². The number of ether oxygens (including phenoxy) is 1. The van der Waals surface area contributed by atoms with Gasteiger partial charge in [0.05, 0.1) is 5.69 Å². The van der Waals surface area contributed by atoms with Crippen molar-refractivity contribution in [3.05, 3.63) is 53.6 Å². The first-order valence-corrected chi connectivity index (χ1v) is 10.9. The van der Waals surface area contributed by atoms with Crippen LogP contribution >= 0.6 is 0 Å². The lowest BCUT2D eigenvalue weighted by atomic mass is 10.0. The van der Waals surface area contributed by atoms with Crippen LogP contribution in [0.3, 0.4) is 0 Å². The minimum atomic E-state index is 0.0705. The molecule has 3 aromatic rings. The molecule has 0 aliphatic heterocycles. The Bertz CT molecular complexity index is 1050. The van der Waals surface area contributed by atoms with Crippen molar-refractivity contribution < 1.29 is 9.53 Å². The highest BCUT2D eigenvalue weighted by Gasteiger charge is 2.16. The first-order valence-electron chi connectivity index (χ1n) is 10.9. The summed E-state index contributed by atoms with van der Waals surface area (Å²) < 4.78 is 7.68. The Labute approximate surface area is 182 Å². The molecule has 162 valence electrons. The number of rotatable bonds is 7. The smallest absolute Gasteiger partial charge is 0.224 e. The highest BCUT2D eigenvalue weighted by molar-refractivity contribution is 5.90. The van der Waals surface area contributed by atoms with E-state index in [1.54, 1.807) is 10.7 Å². The molecule has 2 heterocycles. The van der Waals surface area contributed by atoms with Crippen molar-refractivity contribution in [2.45, 2.75) is 59.3 Å². The van der Waals surface area contributed by atoms with E-state index >= 15 is 0 Å². The van der Waals surface area contributed by atoms with Gasteiger partial charge in [0.1, 0.15) is 12.1 Å². The SMILES string of the molecule is Cc1nn(-c2cc(Oc3ccc(NC(=O)CCC4CCCC4)cc3)ncn2)c(C)c1C. The molecule has 0 radical (unpaired) electrons. The molecule has 1 aliphatic carbocycles. The fourth-order valence-corrected chi connectivity index (χ4v) is 4.03. The lowest BCUT2D eigenvalue weighted by molar-refractivity contribution is -0.116. The molecule has 7 nitrogen and oxygen atoms in total. The van der Waals surface area contributed by atoms with E-state index < -0.39 is 0 Å². The number of carbonyl (C=O) groups is 1. The van der Waals surface area contributed by atoms with E-state index in [-0.39, 0.29) is 5.91 Å². The standard InChI is InChI=1S/C24H29N5O2/c1-16-17(2)28-29(18(16)3)22-14-24(26-15-25-22)31-21-11-9-20(10-12-21)27-23(30)13-8-19-6-4-5-7-19/h9-12,14-15,19H,4-8,13H2,1-3H3,(H,27,30). The Morgan fingerprint density at radius 1 is 1.13 bits per heavy atom. The van der Waals surface area contributed by atoms with Gasteiger partial charge in [-0.25, -0.2) is 14.6 Å². The average Bonchev–Trinajstić information content (AvgIpc) is 3.38. The molecule has 2 aromatic heterocycles. The third kappa shape index (κ3) is 5.10. The molecular formula is C24H29N5O2. The molecule has 0 spiro atoms. The van der Waals surface area contributed by atoms with Gasteiger partial charge in [-0.15, -0.1) is 0 Å². The number of aryl methyl sites for hydroxylation is 1. The Balaban J connectivity index is 1.36. The fourth-order valence-electron chi connectivity index (χ4n) is 4.03. The van der Waals surface area contributed by atoms with Gasteiger partial charge in [-0.05, 0) is 62.9 Å². The normalized spacial score (nSPS) is 14.0. The Kier molecular flexibility index (Phi) is 6.30. The molecule has 0 saturated heterocycles. The van der Waals surface area contributed by atoms with E-state index in [9.17, 15) is 4.79 Å². The second-order valence-electron chi connectivity index (χ2n) is 8.29. The number of anilines is 1. The van der Waals surface area contributed by atoms with Gasteiger partial charge in [-0.1, -0.05) is 25.7 Å². The summed E-state index contributed by atoms with van der Waals surface area (Å²) in [5.41, 5.74) is 3.92. The minimum absolute atomic E-state index is 0.0705. The molecule has 1 aliphatic rings. The van der Waals surface area contributed by atoms with E-state index in [0.717, 1.165) is 35.0 Å². The molecule has 7 heteroatoms. The maximum atomic E-state index is 12.2. The van der Waals surface area contributed by atoms with Crippen LogP contribution in [0.4, 0.5) is 5.69 Å². The van der Waals surface area contributed by atoms with Crippen molar-refractivity contribution in [2.75, 3.05) is 5.32 Å². The molecule has 1 aromatic carbocycles. The Morgan fingerprint density at radius 2 is 1.87 bits per heavy atom. The molecular weight excluding hydrogens is 390 g/mol. The van der Waals surface area contributed by atoms with Crippen LogP contribution in [0.5, 0.6) is 11.6 Å². The first-order chi connectivity index (χ1) is 15.0. The van der Waals surface area contributed by atoms with Crippen molar-refractivity contribution in [1.82, 2.24) is 19.7 Å². The molecule has 31 heavy (non-hydrogen) atoms. The van der Waals surface area contributed by atoms with Crippen LogP contribution in [-0.2, 0) is 4.79 Å². The zero-order chi connectivity index (χ0) is 21.8. The highest BCUT2D eigenvalue weighted by Crippen LogP contribution is 2.29. The third-order valence-corrected chi connectivity index (χ3v) is 6.11. The van der Waals surface area contributed by atoms with Gasteiger partial charge >= 0.3 is 0 Å². The summed E-state index contributed by atoms with van der Waals surface area (Å²) in [5, 5.41) is 7.51. The minimum Gasteiger partial charge on any atom is -0.439 e. The second-order valence-corrected chi connectivity index (χ2v) is 8.29. The Hall–Kier alpha value is -3.22. The summed E-state index contributed by atoms with van der Waals surface area (Å²) in [4.78, 5) is 20.7. The van der Waals surface area contributed by atoms with Crippen LogP contribution in [0.25, 0.3) is 5.82 Å². The molecule has 0 bridgehead atoms. The zero-order valence-corrected chi connectivity index (χ0v) is 18.4. The number of amides is 1. The van der Waals surface area contributed by atoms with Crippen LogP contribution in [0.15, 0.2) is 36.7 Å². The van der Waals surface area contributed by atoms with Gasteiger partial charge in [0.15, 0.2) is 5.82 Å². The monoisotopic (exact) mass is 419 g/mol. The van der Waals surface area contributed by atoms with Crippen LogP contribution in [0.2, 0.25) is 0 Å². The lowest BCUT2D eigenvalue weighted by Gasteiger charge is -2.10. The maximum absolute atomic E-state index is 12.2. The summed E-state index contributed by atoms with van der Waals surface area (Å²) >= 11 is 0. The predicted octanol–water partition coefficient (Wildman–Crippen LogP) is 5.29. The van der Waals surface area contributed by atoms with Crippen molar-refractivity contribution in [3.8, 4) is 17.4 Å². The van der Waals surface area contributed by atoms with E-state index in [4.69, 9.17) is 4.74 Å². The summed E-state index contributed by atoms with van der Waals surface area (Å²) in [5.74, 6) is 2.52. The van der Waals surface area contributed by atoms with Gasteiger partial charge in [-0.2, -0.15) is 5.10 Å². The highest BCUT2D eigenvalue weighted by atomic mass is 16.5. The fraction of sp³-hybridized carbons (Fsp3) is 0.417. The van der Waals surface area contributed by atoms with Crippen molar-refractivity contribution in [1.29, 1.82) is 0 Å². The van der Waals surface area contributed by atoms with Gasteiger partial charge in [-0.3, -0.25) is 4.79 Å². The van der Waals surface area contributed by atoms with E-state index in [0.29, 0.717) is 23.9 Å². The summed E-state index contributed by atoms with van der Waals surface area (Å²) in [7, 11) is 0. The molecule has 1 saturated carbocycles. The molecule has 0 unspecified atom stereocenters. The van der Waals surface area contributed by atoms with Crippen molar-refractivity contribution in [3.63, 3.8) is 0 Å². The average molecular weight is 420 g/mol. The van der Waals surface area contributed by atoms with Gasteiger partial charge in [0, 0.05) is 23.9 Å². The largest absolute Gasteiger partial charge is 0.439 e. The Morgan fingerprint density at radius 3 is 2.55 bits per heavy atom. The van der Waals surface area contributed by atoms with Crippen molar-refractivity contribution in [2.24, 2.45) is 5.92 Å². The molecule has 1 N–H and O–H groups in total. The molecule has 4 rings (SSSR count). The number of carbonyl (C=O) groups excluding carboxylic acids is 1. The van der Waals surface area contributed by atoms with Crippen molar-refractivity contribution >= 4 is 11.6 Å². The lowest BCUT2D eigenvalue weighted by Crippen LogP contribution is -2.12. The second kappa shape index (κ2) is 9.29. The summed E-state index contributed by atoms with van der Waals surface area (Å²) in [6, 6.07) is 9.09. The molecule has 1 amide bonds. The van der Waals surface area contributed by atoms with E-state index in [1.807, 2.05) is 45.0 Å². The number of nitrogens with one attached hydrogen (secondary N) is 1. The quantitative estimate of drug-likeness (QED) is 0.563. The zero-order valence-electron chi connectivity index (χ0n) is 18.4. The number of aromatic nitrogens is 4. The van der Waals surface area contributed by atoms with Gasteiger partial charge < -0.3 is 10.1 Å². The maximum Gasteiger partial charge on any atom is 0.224 e. The van der Waals surface area contributed by atoms with Crippen LogP contribution in [0.1, 0.15) is 55.5 Å².